The molecule has 2 amide bonds. The highest BCUT2D eigenvalue weighted by molar-refractivity contribution is 5.89. The van der Waals surface area contributed by atoms with Gasteiger partial charge in [0.25, 0.3) is 0 Å². The number of carbonyl (C=O) groups is 1. The number of nitrogens with zero attached hydrogens (tertiary/aromatic N) is 1. The number of urea groups is 1. The Morgan fingerprint density at radius 2 is 1.95 bits per heavy atom. The lowest BCUT2D eigenvalue weighted by Crippen LogP contribution is -2.38. The van der Waals surface area contributed by atoms with Crippen molar-refractivity contribution in [3.63, 3.8) is 0 Å². The normalized spacial score (nSPS) is 12.2. The number of hydrogen-bond donors (Lipinski definition) is 3. The number of carbonyl (C=O) groups excluding carboxylic acids is 1. The van der Waals surface area contributed by atoms with Crippen molar-refractivity contribution in [3.05, 3.63) is 36.2 Å². The fourth-order valence-electron chi connectivity index (χ4n) is 1.82. The Bertz CT molecular complexity index is 620. The van der Waals surface area contributed by atoms with Gasteiger partial charge in [-0.05, 0) is 31.2 Å². The van der Waals surface area contributed by atoms with Crippen LogP contribution in [0.3, 0.4) is 0 Å². The molecule has 0 bridgehead atoms. The second kappa shape index (κ2) is 7.09. The van der Waals surface area contributed by atoms with E-state index in [2.05, 4.69) is 15.6 Å². The highest BCUT2D eigenvalue weighted by atomic mass is 16.4. The number of nitrogens with one attached hydrogen (secondary N) is 2. The molecule has 0 spiro atoms. The lowest BCUT2D eigenvalue weighted by Gasteiger charge is -2.12. The van der Waals surface area contributed by atoms with Crippen LogP contribution in [0.5, 0.6) is 0 Å². The average molecular weight is 303 g/mol. The van der Waals surface area contributed by atoms with Crippen LogP contribution in [-0.4, -0.2) is 28.8 Å². The molecule has 0 aliphatic heterocycles. The number of oxazole rings is 1. The lowest BCUT2D eigenvalue weighted by molar-refractivity contribution is 0.229. The van der Waals surface area contributed by atoms with Crippen molar-refractivity contribution in [2.24, 2.45) is 0 Å². The van der Waals surface area contributed by atoms with E-state index in [9.17, 15) is 4.79 Å². The summed E-state index contributed by atoms with van der Waals surface area (Å²) in [6, 6.07) is 6.57. The van der Waals surface area contributed by atoms with E-state index in [1.165, 1.54) is 0 Å². The number of amides is 2. The summed E-state index contributed by atoms with van der Waals surface area (Å²) < 4.78 is 5.68. The van der Waals surface area contributed by atoms with E-state index >= 15 is 0 Å². The van der Waals surface area contributed by atoms with Gasteiger partial charge in [-0.25, -0.2) is 9.78 Å². The standard InChI is InChI=1S/C16H21N3O3/c1-10(2)14-8-17-15(22-14)12-4-6-13(7-5-12)19-16(21)18-11(3)9-20/h4-8,10-11,20H,9H2,1-3H3,(H2,18,19,21). The SMILES string of the molecule is CC(CO)NC(=O)Nc1ccc(-c2ncc(C(C)C)o2)cc1. The number of anilines is 1. The molecule has 0 fully saturated rings. The molecule has 1 aromatic heterocycles. The molecular formula is C16H21N3O3. The molecule has 1 unspecified atom stereocenters. The quantitative estimate of drug-likeness (QED) is 0.792. The van der Waals surface area contributed by atoms with Crippen LogP contribution >= 0.6 is 0 Å². The molecule has 118 valence electrons. The van der Waals surface area contributed by atoms with Crippen molar-refractivity contribution in [1.29, 1.82) is 0 Å². The third-order valence-corrected chi connectivity index (χ3v) is 3.13. The van der Waals surface area contributed by atoms with E-state index in [1.54, 1.807) is 25.3 Å². The first kappa shape index (κ1) is 16.0. The highest BCUT2D eigenvalue weighted by Crippen LogP contribution is 2.24. The summed E-state index contributed by atoms with van der Waals surface area (Å²) in [6.45, 7) is 5.71. The molecule has 22 heavy (non-hydrogen) atoms. The zero-order chi connectivity index (χ0) is 16.1. The number of benzene rings is 1. The van der Waals surface area contributed by atoms with Crippen LogP contribution in [0.1, 0.15) is 32.4 Å². The first-order valence-electron chi connectivity index (χ1n) is 7.24. The monoisotopic (exact) mass is 303 g/mol. The van der Waals surface area contributed by atoms with E-state index in [-0.39, 0.29) is 18.7 Å². The van der Waals surface area contributed by atoms with E-state index in [4.69, 9.17) is 9.52 Å². The van der Waals surface area contributed by atoms with Gasteiger partial charge in [0.2, 0.25) is 5.89 Å². The van der Waals surface area contributed by atoms with Gasteiger partial charge in [0.05, 0.1) is 18.8 Å². The van der Waals surface area contributed by atoms with E-state index in [1.807, 2.05) is 26.0 Å². The van der Waals surface area contributed by atoms with Crippen LogP contribution in [0.4, 0.5) is 10.5 Å². The summed E-state index contributed by atoms with van der Waals surface area (Å²) in [5, 5.41) is 14.2. The minimum atomic E-state index is -0.354. The topological polar surface area (TPSA) is 87.4 Å². The van der Waals surface area contributed by atoms with Gasteiger partial charge < -0.3 is 20.2 Å². The minimum Gasteiger partial charge on any atom is -0.441 e. The smallest absolute Gasteiger partial charge is 0.319 e. The third kappa shape index (κ3) is 4.08. The van der Waals surface area contributed by atoms with E-state index in [0.717, 1.165) is 11.3 Å². The van der Waals surface area contributed by atoms with Gasteiger partial charge in [-0.3, -0.25) is 0 Å². The van der Waals surface area contributed by atoms with Crippen LogP contribution in [0.2, 0.25) is 0 Å². The summed E-state index contributed by atoms with van der Waals surface area (Å²) in [5.74, 6) is 1.70. The average Bonchev–Trinajstić information content (AvgIpc) is 2.97. The molecule has 0 saturated carbocycles. The summed E-state index contributed by atoms with van der Waals surface area (Å²) >= 11 is 0. The second-order valence-electron chi connectivity index (χ2n) is 5.48. The Morgan fingerprint density at radius 1 is 1.27 bits per heavy atom. The molecule has 0 aliphatic rings. The summed E-state index contributed by atoms with van der Waals surface area (Å²) in [4.78, 5) is 15.9. The summed E-state index contributed by atoms with van der Waals surface area (Å²) in [6.07, 6.45) is 1.73. The molecule has 1 aromatic carbocycles. The molecule has 3 N–H and O–H groups in total. The van der Waals surface area contributed by atoms with Crippen molar-refractivity contribution in [2.45, 2.75) is 32.7 Å². The fourth-order valence-corrected chi connectivity index (χ4v) is 1.82. The number of hydrogen-bond acceptors (Lipinski definition) is 4. The van der Waals surface area contributed by atoms with E-state index < -0.39 is 0 Å². The van der Waals surface area contributed by atoms with Gasteiger partial charge in [-0.2, -0.15) is 0 Å². The Morgan fingerprint density at radius 3 is 2.50 bits per heavy atom. The molecule has 0 aliphatic carbocycles. The van der Waals surface area contributed by atoms with Crippen molar-refractivity contribution < 1.29 is 14.3 Å². The molecule has 1 heterocycles. The first-order valence-corrected chi connectivity index (χ1v) is 7.24. The van der Waals surface area contributed by atoms with Crippen LogP contribution < -0.4 is 10.6 Å². The van der Waals surface area contributed by atoms with Gasteiger partial charge in [-0.15, -0.1) is 0 Å². The molecule has 6 nitrogen and oxygen atoms in total. The van der Waals surface area contributed by atoms with Gasteiger partial charge >= 0.3 is 6.03 Å². The maximum atomic E-state index is 11.7. The largest absolute Gasteiger partial charge is 0.441 e. The van der Waals surface area contributed by atoms with Crippen molar-refractivity contribution in [2.75, 3.05) is 11.9 Å². The van der Waals surface area contributed by atoms with Crippen LogP contribution in [0, 0.1) is 0 Å². The van der Waals surface area contributed by atoms with Crippen LogP contribution in [0.15, 0.2) is 34.9 Å². The second-order valence-corrected chi connectivity index (χ2v) is 5.48. The zero-order valence-electron chi connectivity index (χ0n) is 13.0. The Hall–Kier alpha value is -2.34. The predicted molar refractivity (Wildman–Crippen MR) is 84.7 cm³/mol. The van der Waals surface area contributed by atoms with Crippen molar-refractivity contribution in [1.82, 2.24) is 10.3 Å². The third-order valence-electron chi connectivity index (χ3n) is 3.13. The molecular weight excluding hydrogens is 282 g/mol. The van der Waals surface area contributed by atoms with Crippen molar-refractivity contribution >= 4 is 11.7 Å². The van der Waals surface area contributed by atoms with Crippen LogP contribution in [-0.2, 0) is 0 Å². The fraction of sp³-hybridized carbons (Fsp3) is 0.375. The highest BCUT2D eigenvalue weighted by Gasteiger charge is 2.10. The first-order chi connectivity index (χ1) is 10.5. The number of aliphatic hydroxyl groups excluding tert-OH is 1. The maximum absolute atomic E-state index is 11.7. The molecule has 2 aromatic rings. The Balaban J connectivity index is 2.02. The van der Waals surface area contributed by atoms with Gasteiger partial charge in [0.15, 0.2) is 0 Å². The number of aliphatic hydroxyl groups is 1. The lowest BCUT2D eigenvalue weighted by atomic mass is 10.2. The van der Waals surface area contributed by atoms with Crippen LogP contribution in [0.25, 0.3) is 11.5 Å². The zero-order valence-corrected chi connectivity index (χ0v) is 13.0. The Labute approximate surface area is 129 Å². The molecule has 2 rings (SSSR count). The number of aromatic nitrogens is 1. The molecule has 0 radical (unpaired) electrons. The van der Waals surface area contributed by atoms with E-state index in [0.29, 0.717) is 17.5 Å². The molecule has 0 saturated heterocycles. The summed E-state index contributed by atoms with van der Waals surface area (Å²) in [5.41, 5.74) is 1.50. The molecule has 1 atom stereocenters. The minimum absolute atomic E-state index is 0.102. The van der Waals surface area contributed by atoms with Crippen molar-refractivity contribution in [3.8, 4) is 11.5 Å². The predicted octanol–water partition coefficient (Wildman–Crippen LogP) is 2.97. The van der Waals surface area contributed by atoms with Gasteiger partial charge in [0.1, 0.15) is 5.76 Å². The summed E-state index contributed by atoms with van der Waals surface area (Å²) in [7, 11) is 0. The maximum Gasteiger partial charge on any atom is 0.319 e. The number of rotatable bonds is 5. The van der Waals surface area contributed by atoms with Gasteiger partial charge in [-0.1, -0.05) is 13.8 Å². The Kier molecular flexibility index (Phi) is 5.16. The molecule has 6 heteroatoms. The van der Waals surface area contributed by atoms with Gasteiger partial charge in [0, 0.05) is 17.2 Å².